The molecule has 2 atom stereocenters. The molecule has 7 nitrogen and oxygen atoms in total. The molecule has 1 aromatic carbocycles. The van der Waals surface area contributed by atoms with Gasteiger partial charge in [0.15, 0.2) is 17.0 Å². The number of aromatic nitrogens is 1. The summed E-state index contributed by atoms with van der Waals surface area (Å²) in [6.07, 6.45) is 5.29. The summed E-state index contributed by atoms with van der Waals surface area (Å²) in [4.78, 5) is 26.2. The first kappa shape index (κ1) is 22.2. The number of methoxy groups -OCH3 is 1. The molecular weight excluding hydrogens is 416 g/mol. The number of anilines is 1. The van der Waals surface area contributed by atoms with Gasteiger partial charge in [0.1, 0.15) is 5.69 Å². The maximum Gasteiger partial charge on any atom is 1.00 e. The van der Waals surface area contributed by atoms with Gasteiger partial charge >= 0.3 is 51.4 Å². The van der Waals surface area contributed by atoms with Crippen LogP contribution in [0.15, 0.2) is 17.1 Å². The number of hydrogen-bond acceptors (Lipinski definition) is 6. The molecule has 30 heavy (non-hydrogen) atoms. The Morgan fingerprint density at radius 2 is 2.07 bits per heavy atom. The molecule has 2 aliphatic heterocycles. The molecule has 1 aromatic heterocycles. The molecule has 9 heteroatoms. The first-order valence-corrected chi connectivity index (χ1v) is 10.1. The molecule has 3 heterocycles. The number of carboxylic acid groups (broad SMARTS) is 1. The van der Waals surface area contributed by atoms with Crippen LogP contribution in [-0.4, -0.2) is 43.3 Å². The van der Waals surface area contributed by atoms with Crippen molar-refractivity contribution in [1.82, 2.24) is 9.88 Å². The van der Waals surface area contributed by atoms with Crippen molar-refractivity contribution >= 4 is 22.6 Å². The van der Waals surface area contributed by atoms with E-state index in [0.717, 1.165) is 44.8 Å². The fourth-order valence-corrected chi connectivity index (χ4v) is 4.95. The van der Waals surface area contributed by atoms with Crippen LogP contribution in [0.3, 0.4) is 0 Å². The minimum Gasteiger partial charge on any atom is -0.545 e. The molecule has 0 radical (unpaired) electrons. The van der Waals surface area contributed by atoms with E-state index in [2.05, 4.69) is 5.32 Å². The van der Waals surface area contributed by atoms with Crippen LogP contribution in [0.2, 0.25) is 0 Å². The van der Waals surface area contributed by atoms with Crippen molar-refractivity contribution in [2.24, 2.45) is 5.92 Å². The van der Waals surface area contributed by atoms with E-state index < -0.39 is 22.8 Å². The number of pyridine rings is 1. The van der Waals surface area contributed by atoms with Crippen molar-refractivity contribution in [1.29, 1.82) is 0 Å². The minimum atomic E-state index is -1.55. The molecule has 3 fully saturated rings. The van der Waals surface area contributed by atoms with E-state index >= 15 is 4.39 Å². The van der Waals surface area contributed by atoms with Gasteiger partial charge in [-0.3, -0.25) is 4.79 Å². The van der Waals surface area contributed by atoms with Crippen molar-refractivity contribution in [2.75, 3.05) is 31.6 Å². The van der Waals surface area contributed by atoms with Crippen LogP contribution < -0.4 is 76.9 Å². The summed E-state index contributed by atoms with van der Waals surface area (Å²) in [5, 5.41) is 15.0. The van der Waals surface area contributed by atoms with Gasteiger partial charge in [-0.1, -0.05) is 0 Å². The number of carbonyl (C=O) groups excluding carboxylic acids is 1. The standard InChI is InChI=1S/C21H24FN3O4.K/c1-29-20-17-13(19(26)14(21(27)28)9-25(17)12-4-5-12)7-15(22)18(20)24-8-11-3-2-6-23-16(11)10-24;/h7,9,11-12,16,23H,2-6,8,10H2,1H3,(H,27,28);/q;+1/p-1/t11-,16+;/m0./s1. The van der Waals surface area contributed by atoms with Gasteiger partial charge in [-0.15, -0.1) is 0 Å². The predicted molar refractivity (Wildman–Crippen MR) is 104 cm³/mol. The molecule has 154 valence electrons. The number of rotatable bonds is 4. The monoisotopic (exact) mass is 439 g/mol. The van der Waals surface area contributed by atoms with Crippen molar-refractivity contribution in [3.8, 4) is 5.75 Å². The van der Waals surface area contributed by atoms with E-state index in [4.69, 9.17) is 4.74 Å². The fraction of sp³-hybridized carbons (Fsp3) is 0.524. The molecule has 0 amide bonds. The smallest absolute Gasteiger partial charge is 0.545 e. The van der Waals surface area contributed by atoms with E-state index in [-0.39, 0.29) is 62.8 Å². The molecule has 1 aliphatic carbocycles. The number of halogens is 1. The van der Waals surface area contributed by atoms with E-state index in [9.17, 15) is 14.7 Å². The second kappa shape index (κ2) is 8.52. The summed E-state index contributed by atoms with van der Waals surface area (Å²) in [6.45, 7) is 2.37. The molecular formula is C21H23FKN3O4. The molecule has 2 aromatic rings. The Balaban J connectivity index is 0.00000218. The number of piperidine rings is 1. The van der Waals surface area contributed by atoms with Crippen LogP contribution in [0.4, 0.5) is 10.1 Å². The summed E-state index contributed by atoms with van der Waals surface area (Å²) in [7, 11) is 1.47. The Morgan fingerprint density at radius 1 is 1.30 bits per heavy atom. The Bertz CT molecular complexity index is 1050. The number of ether oxygens (including phenoxy) is 1. The second-order valence-corrected chi connectivity index (χ2v) is 8.30. The summed E-state index contributed by atoms with van der Waals surface area (Å²) < 4.78 is 22.7. The van der Waals surface area contributed by atoms with Gasteiger partial charge in [0, 0.05) is 31.4 Å². The van der Waals surface area contributed by atoms with E-state index in [1.807, 2.05) is 4.90 Å². The number of aromatic carboxylic acids is 1. The summed E-state index contributed by atoms with van der Waals surface area (Å²) >= 11 is 0. The van der Waals surface area contributed by atoms with Gasteiger partial charge in [0.25, 0.3) is 0 Å². The van der Waals surface area contributed by atoms with E-state index in [0.29, 0.717) is 35.5 Å². The Labute approximate surface area is 216 Å². The van der Waals surface area contributed by atoms with Crippen molar-refractivity contribution in [2.45, 2.75) is 37.8 Å². The zero-order valence-corrected chi connectivity index (χ0v) is 20.4. The molecule has 5 rings (SSSR count). The number of nitrogens with one attached hydrogen (secondary N) is 1. The summed E-state index contributed by atoms with van der Waals surface area (Å²) in [5.74, 6) is -1.37. The predicted octanol–water partition coefficient (Wildman–Crippen LogP) is -1.96. The van der Waals surface area contributed by atoms with Crippen LogP contribution in [0.25, 0.3) is 10.9 Å². The average molecular weight is 440 g/mol. The number of nitrogens with zero attached hydrogens (tertiary/aromatic N) is 2. The van der Waals surface area contributed by atoms with Gasteiger partial charge in [-0.05, 0) is 44.2 Å². The van der Waals surface area contributed by atoms with E-state index in [1.165, 1.54) is 13.3 Å². The molecule has 2 saturated heterocycles. The van der Waals surface area contributed by atoms with Crippen LogP contribution in [-0.2, 0) is 0 Å². The van der Waals surface area contributed by atoms with Crippen LogP contribution in [0.1, 0.15) is 42.1 Å². The third kappa shape index (κ3) is 3.63. The topological polar surface area (TPSA) is 86.6 Å². The zero-order valence-electron chi connectivity index (χ0n) is 17.2. The van der Waals surface area contributed by atoms with Crippen LogP contribution in [0, 0.1) is 11.7 Å². The third-order valence-corrected chi connectivity index (χ3v) is 6.48. The number of fused-ring (bicyclic) bond motifs is 2. The normalized spacial score (nSPS) is 23.2. The van der Waals surface area contributed by atoms with Crippen molar-refractivity contribution in [3.05, 3.63) is 33.9 Å². The van der Waals surface area contributed by atoms with Gasteiger partial charge in [0.05, 0.1) is 29.5 Å². The first-order chi connectivity index (χ1) is 14.0. The van der Waals surface area contributed by atoms with Gasteiger partial charge in [-0.25, -0.2) is 4.39 Å². The van der Waals surface area contributed by atoms with Crippen molar-refractivity contribution < 1.29 is 70.4 Å². The number of hydrogen-bond donors (Lipinski definition) is 1. The molecule has 1 saturated carbocycles. The zero-order chi connectivity index (χ0) is 20.3. The molecule has 1 N–H and O–H groups in total. The molecule has 0 bridgehead atoms. The van der Waals surface area contributed by atoms with Gasteiger partial charge in [-0.2, -0.15) is 0 Å². The quantitative estimate of drug-likeness (QED) is 0.557. The summed E-state index contributed by atoms with van der Waals surface area (Å²) in [5.41, 5.74) is -0.372. The van der Waals surface area contributed by atoms with Gasteiger partial charge < -0.3 is 29.4 Å². The number of benzene rings is 1. The minimum absolute atomic E-state index is 0. The maximum absolute atomic E-state index is 15.3. The van der Waals surface area contributed by atoms with Crippen LogP contribution >= 0.6 is 0 Å². The molecule has 0 unspecified atom stereocenters. The summed E-state index contributed by atoms with van der Waals surface area (Å²) in [6, 6.07) is 1.55. The first-order valence-electron chi connectivity index (χ1n) is 10.1. The maximum atomic E-state index is 15.3. The van der Waals surface area contributed by atoms with Crippen LogP contribution in [0.5, 0.6) is 5.75 Å². The second-order valence-electron chi connectivity index (χ2n) is 8.30. The van der Waals surface area contributed by atoms with E-state index in [1.54, 1.807) is 4.57 Å². The van der Waals surface area contributed by atoms with Crippen molar-refractivity contribution in [3.63, 3.8) is 0 Å². The number of carboxylic acids is 1. The Kier molecular flexibility index (Phi) is 6.31. The Morgan fingerprint density at radius 3 is 2.70 bits per heavy atom. The fourth-order valence-electron chi connectivity index (χ4n) is 4.95. The Hall–Kier alpha value is -0.974. The molecule has 0 spiro atoms. The SMILES string of the molecule is COc1c(N2C[C@@H]3CCCN[C@@H]3C2)c(F)cc2c(=O)c(C(=O)[O-])cn(C3CC3)c12.[K+]. The van der Waals surface area contributed by atoms with Gasteiger partial charge in [0.2, 0.25) is 0 Å². The average Bonchev–Trinajstić information content (AvgIpc) is 3.45. The third-order valence-electron chi connectivity index (χ3n) is 6.48. The number of carbonyl (C=O) groups is 1. The molecule has 3 aliphatic rings. The largest absolute Gasteiger partial charge is 1.00 e.